The van der Waals surface area contributed by atoms with E-state index in [0.717, 1.165) is 37.8 Å². The van der Waals surface area contributed by atoms with Crippen molar-refractivity contribution in [1.82, 2.24) is 4.90 Å². The Hall–Kier alpha value is -0.280. The minimum atomic E-state index is 0. The molecule has 2 N–H and O–H groups in total. The van der Waals surface area contributed by atoms with E-state index in [1.54, 1.807) is 0 Å². The molecule has 2 aliphatic carbocycles. The fraction of sp³-hybridized carbons (Fsp3) is 0.929. The Bertz CT molecular complexity index is 298. The first-order valence-electron chi connectivity index (χ1n) is 7.27. The number of nitrogens with two attached hydrogens (primary N) is 1. The standard InChI is InChI=1S/C14H24N2O.ClH/c15-13-6-2-3-10(13)7-14(17)16-8-11-4-1-5-12(11)9-16;/h10-13H,1-9,15H2;1H/t10-,11?,12?,13+;/m0./s1. The number of nitrogens with zero attached hydrogens (tertiary/aromatic N) is 1. The SMILES string of the molecule is Cl.N[C@@H]1CCC[C@H]1CC(=O)N1CC2CCCC2C1. The molecule has 0 aromatic rings. The second-order valence-electron chi connectivity index (χ2n) is 6.31. The first-order chi connectivity index (χ1) is 8.24. The van der Waals surface area contributed by atoms with E-state index in [2.05, 4.69) is 4.90 Å². The summed E-state index contributed by atoms with van der Waals surface area (Å²) in [7, 11) is 0. The Morgan fingerprint density at radius 3 is 2.22 bits per heavy atom. The molecular weight excluding hydrogens is 248 g/mol. The summed E-state index contributed by atoms with van der Waals surface area (Å²) in [5.41, 5.74) is 6.05. The van der Waals surface area contributed by atoms with Gasteiger partial charge in [0.05, 0.1) is 0 Å². The maximum Gasteiger partial charge on any atom is 0.222 e. The molecule has 2 unspecified atom stereocenters. The topological polar surface area (TPSA) is 46.3 Å². The van der Waals surface area contributed by atoms with Gasteiger partial charge in [-0.05, 0) is 43.4 Å². The van der Waals surface area contributed by atoms with E-state index in [4.69, 9.17) is 5.73 Å². The third-order valence-electron chi connectivity index (χ3n) is 5.23. The van der Waals surface area contributed by atoms with Gasteiger partial charge >= 0.3 is 0 Å². The molecule has 1 saturated heterocycles. The monoisotopic (exact) mass is 272 g/mol. The van der Waals surface area contributed by atoms with Crippen LogP contribution in [0.5, 0.6) is 0 Å². The molecule has 3 rings (SSSR count). The number of likely N-dealkylation sites (tertiary alicyclic amines) is 1. The van der Waals surface area contributed by atoms with Crippen LogP contribution in [0.1, 0.15) is 44.9 Å². The van der Waals surface area contributed by atoms with Crippen LogP contribution in [-0.4, -0.2) is 29.9 Å². The lowest BCUT2D eigenvalue weighted by Crippen LogP contribution is -2.34. The molecule has 4 atom stereocenters. The quantitative estimate of drug-likeness (QED) is 0.838. The van der Waals surface area contributed by atoms with Crippen LogP contribution in [0.2, 0.25) is 0 Å². The van der Waals surface area contributed by atoms with Crippen LogP contribution in [0, 0.1) is 17.8 Å². The third-order valence-corrected chi connectivity index (χ3v) is 5.23. The van der Waals surface area contributed by atoms with Crippen LogP contribution in [0.15, 0.2) is 0 Å². The van der Waals surface area contributed by atoms with Gasteiger partial charge in [0.1, 0.15) is 0 Å². The highest BCUT2D eigenvalue weighted by Gasteiger charge is 2.38. The van der Waals surface area contributed by atoms with Crippen molar-refractivity contribution in [3.8, 4) is 0 Å². The summed E-state index contributed by atoms with van der Waals surface area (Å²) in [4.78, 5) is 14.4. The lowest BCUT2D eigenvalue weighted by atomic mass is 9.99. The highest BCUT2D eigenvalue weighted by Crippen LogP contribution is 2.38. The number of carbonyl (C=O) groups is 1. The Balaban J connectivity index is 0.00000120. The summed E-state index contributed by atoms with van der Waals surface area (Å²) >= 11 is 0. The summed E-state index contributed by atoms with van der Waals surface area (Å²) in [6.07, 6.45) is 8.27. The maximum absolute atomic E-state index is 12.2. The number of fused-ring (bicyclic) bond motifs is 1. The summed E-state index contributed by atoms with van der Waals surface area (Å²) < 4.78 is 0. The minimum absolute atomic E-state index is 0. The maximum atomic E-state index is 12.2. The molecule has 18 heavy (non-hydrogen) atoms. The highest BCUT2D eigenvalue weighted by molar-refractivity contribution is 5.85. The van der Waals surface area contributed by atoms with Crippen molar-refractivity contribution in [2.75, 3.05) is 13.1 Å². The van der Waals surface area contributed by atoms with E-state index in [1.807, 2.05) is 0 Å². The Labute approximate surface area is 116 Å². The van der Waals surface area contributed by atoms with Crippen molar-refractivity contribution in [2.45, 2.75) is 51.0 Å². The third kappa shape index (κ3) is 2.67. The number of amides is 1. The molecule has 1 amide bonds. The van der Waals surface area contributed by atoms with E-state index >= 15 is 0 Å². The minimum Gasteiger partial charge on any atom is -0.342 e. The molecule has 3 nitrogen and oxygen atoms in total. The van der Waals surface area contributed by atoms with Crippen molar-refractivity contribution < 1.29 is 4.79 Å². The first-order valence-corrected chi connectivity index (χ1v) is 7.27. The van der Waals surface area contributed by atoms with Crippen LogP contribution in [-0.2, 0) is 4.79 Å². The van der Waals surface area contributed by atoms with Crippen molar-refractivity contribution >= 4 is 18.3 Å². The van der Waals surface area contributed by atoms with Gasteiger partial charge < -0.3 is 10.6 Å². The Morgan fingerprint density at radius 2 is 1.67 bits per heavy atom. The van der Waals surface area contributed by atoms with Crippen molar-refractivity contribution in [1.29, 1.82) is 0 Å². The zero-order chi connectivity index (χ0) is 11.8. The average Bonchev–Trinajstić information content (AvgIpc) is 2.93. The van der Waals surface area contributed by atoms with E-state index in [1.165, 1.54) is 25.7 Å². The summed E-state index contributed by atoms with van der Waals surface area (Å²) in [5.74, 6) is 2.47. The summed E-state index contributed by atoms with van der Waals surface area (Å²) in [5, 5.41) is 0. The fourth-order valence-electron chi connectivity index (χ4n) is 4.11. The molecule has 0 spiro atoms. The van der Waals surface area contributed by atoms with Gasteiger partial charge in [-0.1, -0.05) is 12.8 Å². The van der Waals surface area contributed by atoms with Gasteiger partial charge in [0.15, 0.2) is 0 Å². The lowest BCUT2D eigenvalue weighted by Gasteiger charge is -2.21. The molecule has 104 valence electrons. The largest absolute Gasteiger partial charge is 0.342 e. The molecule has 1 heterocycles. The van der Waals surface area contributed by atoms with E-state index in [-0.39, 0.29) is 18.4 Å². The Morgan fingerprint density at radius 1 is 1.06 bits per heavy atom. The van der Waals surface area contributed by atoms with Gasteiger partial charge in [-0.25, -0.2) is 0 Å². The van der Waals surface area contributed by atoms with Gasteiger partial charge in [-0.3, -0.25) is 4.79 Å². The summed E-state index contributed by atoms with van der Waals surface area (Å²) in [6.45, 7) is 2.07. The van der Waals surface area contributed by atoms with Crippen LogP contribution in [0.4, 0.5) is 0 Å². The second kappa shape index (κ2) is 5.79. The second-order valence-corrected chi connectivity index (χ2v) is 6.31. The molecule has 3 fully saturated rings. The van der Waals surface area contributed by atoms with Gasteiger partial charge in [-0.2, -0.15) is 0 Å². The predicted octanol–water partition coefficient (Wildman–Crippen LogP) is 2.18. The first kappa shape index (κ1) is 14.1. The van der Waals surface area contributed by atoms with Crippen molar-refractivity contribution in [3.05, 3.63) is 0 Å². The number of carbonyl (C=O) groups excluding carboxylic acids is 1. The van der Waals surface area contributed by atoms with Crippen LogP contribution in [0.25, 0.3) is 0 Å². The summed E-state index contributed by atoms with van der Waals surface area (Å²) in [6, 6.07) is 0.279. The molecular formula is C14H25ClN2O. The van der Waals surface area contributed by atoms with Crippen molar-refractivity contribution in [2.24, 2.45) is 23.5 Å². The van der Waals surface area contributed by atoms with Gasteiger partial charge in [0, 0.05) is 25.6 Å². The molecule has 0 bridgehead atoms. The van der Waals surface area contributed by atoms with Crippen LogP contribution in [0.3, 0.4) is 0 Å². The molecule has 1 aliphatic heterocycles. The lowest BCUT2D eigenvalue weighted by molar-refractivity contribution is -0.131. The molecule has 0 radical (unpaired) electrons. The zero-order valence-corrected chi connectivity index (χ0v) is 11.8. The molecule has 3 aliphatic rings. The van der Waals surface area contributed by atoms with Gasteiger partial charge in [-0.15, -0.1) is 12.4 Å². The smallest absolute Gasteiger partial charge is 0.222 e. The zero-order valence-electron chi connectivity index (χ0n) is 11.0. The number of rotatable bonds is 2. The molecule has 0 aromatic heterocycles. The van der Waals surface area contributed by atoms with E-state index in [0.29, 0.717) is 18.2 Å². The number of hydrogen-bond acceptors (Lipinski definition) is 2. The van der Waals surface area contributed by atoms with E-state index < -0.39 is 0 Å². The molecule has 0 aromatic carbocycles. The van der Waals surface area contributed by atoms with Gasteiger partial charge in [0.2, 0.25) is 5.91 Å². The van der Waals surface area contributed by atoms with Crippen molar-refractivity contribution in [3.63, 3.8) is 0 Å². The van der Waals surface area contributed by atoms with Crippen LogP contribution < -0.4 is 5.73 Å². The molecule has 2 saturated carbocycles. The number of halogens is 1. The van der Waals surface area contributed by atoms with Crippen LogP contribution >= 0.6 is 12.4 Å². The Kier molecular flexibility index (Phi) is 4.54. The average molecular weight is 273 g/mol. The normalized spacial score (nSPS) is 38.6. The van der Waals surface area contributed by atoms with Gasteiger partial charge in [0.25, 0.3) is 0 Å². The fourth-order valence-corrected chi connectivity index (χ4v) is 4.11. The van der Waals surface area contributed by atoms with E-state index in [9.17, 15) is 4.79 Å². The highest BCUT2D eigenvalue weighted by atomic mass is 35.5. The predicted molar refractivity (Wildman–Crippen MR) is 74.6 cm³/mol. The number of hydrogen-bond donors (Lipinski definition) is 1. The molecule has 4 heteroatoms.